The monoisotopic (exact) mass is 250 g/mol. The summed E-state index contributed by atoms with van der Waals surface area (Å²) in [5, 5.41) is 0. The van der Waals surface area contributed by atoms with Gasteiger partial charge in [-0.05, 0) is 18.1 Å². The van der Waals surface area contributed by atoms with Crippen molar-refractivity contribution in [2.75, 3.05) is 0 Å². The minimum absolute atomic E-state index is 0.229. The first-order valence-corrected chi connectivity index (χ1v) is 6.29. The molecule has 0 saturated carbocycles. The fourth-order valence-electron chi connectivity index (χ4n) is 2.41. The molecule has 0 fully saturated rings. The van der Waals surface area contributed by atoms with Gasteiger partial charge in [0.2, 0.25) is 0 Å². The van der Waals surface area contributed by atoms with Crippen LogP contribution in [0.3, 0.4) is 0 Å². The average molecular weight is 250 g/mol. The Morgan fingerprint density at radius 1 is 0.895 bits per heavy atom. The predicted octanol–water partition coefficient (Wildman–Crippen LogP) is 3.76. The zero-order valence-electron chi connectivity index (χ0n) is 10.7. The van der Waals surface area contributed by atoms with Crippen molar-refractivity contribution in [3.8, 4) is 0 Å². The smallest absolute Gasteiger partial charge is 0.335 e. The van der Waals surface area contributed by atoms with E-state index in [0.717, 1.165) is 16.7 Å². The molecule has 2 aromatic carbocycles. The number of carbonyl (C=O) groups excluding carboxylic acids is 1. The van der Waals surface area contributed by atoms with Crippen LogP contribution in [0.15, 0.2) is 66.2 Å². The number of hydrogen-bond donors (Lipinski definition) is 0. The molecular weight excluding hydrogens is 236 g/mol. The third-order valence-corrected chi connectivity index (χ3v) is 3.38. The van der Waals surface area contributed by atoms with Crippen molar-refractivity contribution in [1.82, 2.24) is 0 Å². The van der Waals surface area contributed by atoms with Gasteiger partial charge in [-0.1, -0.05) is 60.7 Å². The van der Waals surface area contributed by atoms with Crippen molar-refractivity contribution >= 4 is 11.5 Å². The first-order chi connectivity index (χ1) is 9.27. The Morgan fingerprint density at radius 3 is 2.11 bits per heavy atom. The quantitative estimate of drug-likeness (QED) is 0.759. The number of carbonyl (C=O) groups is 1. The molecule has 0 amide bonds. The summed E-state index contributed by atoms with van der Waals surface area (Å²) in [4.78, 5) is 11.9. The topological polar surface area (TPSA) is 26.3 Å². The van der Waals surface area contributed by atoms with Crippen LogP contribution in [0.1, 0.15) is 24.2 Å². The number of benzene rings is 2. The van der Waals surface area contributed by atoms with Gasteiger partial charge in [0.05, 0.1) is 0 Å². The Bertz CT molecular complexity index is 627. The molecular formula is C17H14O2. The Hall–Kier alpha value is -2.35. The Morgan fingerprint density at radius 2 is 1.47 bits per heavy atom. The summed E-state index contributed by atoms with van der Waals surface area (Å²) >= 11 is 0. The van der Waals surface area contributed by atoms with E-state index in [1.807, 2.05) is 67.6 Å². The number of esters is 1. The summed E-state index contributed by atoms with van der Waals surface area (Å²) < 4.78 is 5.51. The lowest BCUT2D eigenvalue weighted by atomic mass is 9.93. The molecule has 2 aromatic rings. The van der Waals surface area contributed by atoms with Crippen molar-refractivity contribution in [2.45, 2.75) is 13.0 Å². The third kappa shape index (κ3) is 2.06. The zero-order valence-corrected chi connectivity index (χ0v) is 10.7. The third-order valence-electron chi connectivity index (χ3n) is 3.38. The van der Waals surface area contributed by atoms with Crippen molar-refractivity contribution in [2.24, 2.45) is 0 Å². The van der Waals surface area contributed by atoms with Gasteiger partial charge in [0.1, 0.15) is 0 Å². The number of hydrogen-bond acceptors (Lipinski definition) is 2. The van der Waals surface area contributed by atoms with Gasteiger partial charge in [-0.25, -0.2) is 4.79 Å². The molecule has 2 nitrogen and oxygen atoms in total. The fraction of sp³-hybridized carbons (Fsp3) is 0.118. The predicted molar refractivity (Wildman–Crippen MR) is 74.3 cm³/mol. The molecule has 1 aliphatic rings. The van der Waals surface area contributed by atoms with E-state index >= 15 is 0 Å². The second-order valence-corrected chi connectivity index (χ2v) is 4.60. The van der Waals surface area contributed by atoms with E-state index < -0.39 is 0 Å². The second kappa shape index (κ2) is 4.73. The summed E-state index contributed by atoms with van der Waals surface area (Å²) in [7, 11) is 0. The molecule has 0 saturated heterocycles. The molecule has 1 aliphatic heterocycles. The van der Waals surface area contributed by atoms with E-state index in [2.05, 4.69) is 0 Å². The zero-order chi connectivity index (χ0) is 13.2. The highest BCUT2D eigenvalue weighted by Crippen LogP contribution is 2.41. The van der Waals surface area contributed by atoms with Gasteiger partial charge in [-0.15, -0.1) is 0 Å². The maximum absolute atomic E-state index is 11.9. The van der Waals surface area contributed by atoms with Crippen LogP contribution in [0.25, 0.3) is 5.57 Å². The van der Waals surface area contributed by atoms with Gasteiger partial charge in [0, 0.05) is 11.1 Å². The second-order valence-electron chi connectivity index (χ2n) is 4.60. The van der Waals surface area contributed by atoms with Crippen LogP contribution in [0, 0.1) is 0 Å². The molecule has 94 valence electrons. The lowest BCUT2D eigenvalue weighted by Gasteiger charge is -2.15. The Balaban J connectivity index is 2.10. The molecule has 0 N–H and O–H groups in total. The molecule has 1 atom stereocenters. The lowest BCUT2D eigenvalue weighted by molar-refractivity contribution is -0.139. The summed E-state index contributed by atoms with van der Waals surface area (Å²) in [5.41, 5.74) is 3.71. The van der Waals surface area contributed by atoms with Crippen molar-refractivity contribution < 1.29 is 9.53 Å². The average Bonchev–Trinajstić information content (AvgIpc) is 2.77. The van der Waals surface area contributed by atoms with Gasteiger partial charge in [-0.3, -0.25) is 0 Å². The lowest BCUT2D eigenvalue weighted by Crippen LogP contribution is -2.02. The molecule has 1 heterocycles. The molecule has 0 bridgehead atoms. The van der Waals surface area contributed by atoms with Gasteiger partial charge in [0.25, 0.3) is 0 Å². The van der Waals surface area contributed by atoms with Crippen LogP contribution in [0.4, 0.5) is 0 Å². The van der Waals surface area contributed by atoms with Crippen molar-refractivity contribution in [3.05, 3.63) is 77.4 Å². The maximum atomic E-state index is 11.9. The molecule has 0 spiro atoms. The Labute approximate surface area is 112 Å². The fourth-order valence-corrected chi connectivity index (χ4v) is 2.41. The molecule has 0 radical (unpaired) electrons. The SMILES string of the molecule is CC1=C(c2ccccc2)[C@@H](c2ccccc2)OC1=O. The molecule has 2 heteroatoms. The maximum Gasteiger partial charge on any atom is 0.335 e. The van der Waals surface area contributed by atoms with Gasteiger partial charge < -0.3 is 4.74 Å². The molecule has 0 aromatic heterocycles. The van der Waals surface area contributed by atoms with Crippen molar-refractivity contribution in [3.63, 3.8) is 0 Å². The van der Waals surface area contributed by atoms with Crippen LogP contribution < -0.4 is 0 Å². The molecule has 0 aliphatic carbocycles. The highest BCUT2D eigenvalue weighted by atomic mass is 16.5. The normalized spacial score (nSPS) is 18.6. The molecule has 19 heavy (non-hydrogen) atoms. The van der Waals surface area contributed by atoms with E-state index in [1.165, 1.54) is 0 Å². The number of ether oxygens (including phenoxy) is 1. The highest BCUT2D eigenvalue weighted by molar-refractivity contribution is 6.02. The summed E-state index contributed by atoms with van der Waals surface area (Å²) in [5.74, 6) is -0.229. The van der Waals surface area contributed by atoms with E-state index in [-0.39, 0.29) is 12.1 Å². The van der Waals surface area contributed by atoms with Gasteiger partial charge >= 0.3 is 5.97 Å². The van der Waals surface area contributed by atoms with Crippen LogP contribution in [0.5, 0.6) is 0 Å². The van der Waals surface area contributed by atoms with Crippen LogP contribution in [-0.2, 0) is 9.53 Å². The van der Waals surface area contributed by atoms with Gasteiger partial charge in [-0.2, -0.15) is 0 Å². The minimum Gasteiger partial charge on any atom is -0.449 e. The standard InChI is InChI=1S/C17H14O2/c1-12-15(13-8-4-2-5-9-13)16(19-17(12)18)14-10-6-3-7-11-14/h2-11,16H,1H3/t16-/m1/s1. The van der Waals surface area contributed by atoms with Gasteiger partial charge in [0.15, 0.2) is 6.10 Å². The number of rotatable bonds is 2. The molecule has 0 unspecified atom stereocenters. The molecule has 3 rings (SSSR count). The van der Waals surface area contributed by atoms with Crippen LogP contribution in [0.2, 0.25) is 0 Å². The van der Waals surface area contributed by atoms with E-state index in [0.29, 0.717) is 5.57 Å². The van der Waals surface area contributed by atoms with E-state index in [1.54, 1.807) is 0 Å². The van der Waals surface area contributed by atoms with Crippen LogP contribution >= 0.6 is 0 Å². The Kier molecular flexibility index (Phi) is 2.92. The van der Waals surface area contributed by atoms with E-state index in [9.17, 15) is 4.79 Å². The minimum atomic E-state index is -0.295. The van der Waals surface area contributed by atoms with Crippen molar-refractivity contribution in [1.29, 1.82) is 0 Å². The first-order valence-electron chi connectivity index (χ1n) is 6.29. The largest absolute Gasteiger partial charge is 0.449 e. The summed E-state index contributed by atoms with van der Waals surface area (Å²) in [6.07, 6.45) is -0.295. The van der Waals surface area contributed by atoms with E-state index in [4.69, 9.17) is 4.74 Å². The summed E-state index contributed by atoms with van der Waals surface area (Å²) in [6, 6.07) is 19.8. The summed E-state index contributed by atoms with van der Waals surface area (Å²) in [6.45, 7) is 1.83. The highest BCUT2D eigenvalue weighted by Gasteiger charge is 2.33. The number of cyclic esters (lactones) is 1. The first kappa shape index (κ1) is 11.7. The van der Waals surface area contributed by atoms with Crippen LogP contribution in [-0.4, -0.2) is 5.97 Å².